The summed E-state index contributed by atoms with van der Waals surface area (Å²) >= 11 is 0. The summed E-state index contributed by atoms with van der Waals surface area (Å²) in [6.07, 6.45) is 0.872. The van der Waals surface area contributed by atoms with Crippen LogP contribution < -0.4 is 9.62 Å². The first kappa shape index (κ1) is 21.3. The van der Waals surface area contributed by atoms with Crippen LogP contribution in [0.4, 0.5) is 11.4 Å². The summed E-state index contributed by atoms with van der Waals surface area (Å²) in [6, 6.07) is 13.5. The van der Waals surface area contributed by atoms with Gasteiger partial charge in [-0.15, -0.1) is 0 Å². The second-order valence-electron chi connectivity index (χ2n) is 7.55. The third-order valence-corrected chi connectivity index (χ3v) is 6.88. The number of nitrogens with zero attached hydrogens (tertiary/aromatic N) is 2. The van der Waals surface area contributed by atoms with Gasteiger partial charge in [-0.1, -0.05) is 18.2 Å². The molecular weight excluding hydrogens is 418 g/mol. The SMILES string of the molecule is O=C(CCC(=O)N1CCc2cc(S(=O)(=O)Nc3ccccc3)ccc21)N1CCOCC1. The van der Waals surface area contributed by atoms with Gasteiger partial charge in [0.25, 0.3) is 10.0 Å². The molecule has 2 aromatic rings. The van der Waals surface area contributed by atoms with Gasteiger partial charge in [0.1, 0.15) is 0 Å². The summed E-state index contributed by atoms with van der Waals surface area (Å²) in [5.74, 6) is -0.164. The van der Waals surface area contributed by atoms with E-state index in [9.17, 15) is 18.0 Å². The van der Waals surface area contributed by atoms with Crippen LogP contribution in [0, 0.1) is 0 Å². The van der Waals surface area contributed by atoms with E-state index >= 15 is 0 Å². The molecule has 1 N–H and O–H groups in total. The Balaban J connectivity index is 1.41. The maximum absolute atomic E-state index is 12.7. The lowest BCUT2D eigenvalue weighted by Gasteiger charge is -2.27. The lowest BCUT2D eigenvalue weighted by atomic mass is 10.2. The second-order valence-corrected chi connectivity index (χ2v) is 9.23. The van der Waals surface area contributed by atoms with Crippen molar-refractivity contribution in [2.24, 2.45) is 0 Å². The molecule has 2 aromatic carbocycles. The first-order valence-electron chi connectivity index (χ1n) is 10.3. The zero-order valence-electron chi connectivity index (χ0n) is 17.1. The van der Waals surface area contributed by atoms with Crippen LogP contribution in [-0.4, -0.2) is 58.0 Å². The topological polar surface area (TPSA) is 96.0 Å². The van der Waals surface area contributed by atoms with Crippen LogP contribution in [0.3, 0.4) is 0 Å². The molecule has 2 heterocycles. The van der Waals surface area contributed by atoms with E-state index in [-0.39, 0.29) is 29.6 Å². The molecule has 1 fully saturated rings. The van der Waals surface area contributed by atoms with Gasteiger partial charge in [0.05, 0.1) is 18.1 Å². The van der Waals surface area contributed by atoms with Crippen LogP contribution in [0.25, 0.3) is 0 Å². The predicted molar refractivity (Wildman–Crippen MR) is 116 cm³/mol. The van der Waals surface area contributed by atoms with Crippen molar-refractivity contribution < 1.29 is 22.7 Å². The van der Waals surface area contributed by atoms with Crippen LogP contribution >= 0.6 is 0 Å². The van der Waals surface area contributed by atoms with Crippen molar-refractivity contribution in [3.63, 3.8) is 0 Å². The number of fused-ring (bicyclic) bond motifs is 1. The van der Waals surface area contributed by atoms with Gasteiger partial charge in [0.2, 0.25) is 11.8 Å². The summed E-state index contributed by atoms with van der Waals surface area (Å²) in [5, 5.41) is 0. The molecule has 4 rings (SSSR count). The van der Waals surface area contributed by atoms with E-state index < -0.39 is 10.0 Å². The van der Waals surface area contributed by atoms with E-state index in [1.807, 2.05) is 6.07 Å². The van der Waals surface area contributed by atoms with E-state index in [4.69, 9.17) is 4.74 Å². The monoisotopic (exact) mass is 443 g/mol. The number of morpholine rings is 1. The largest absolute Gasteiger partial charge is 0.378 e. The third-order valence-electron chi connectivity index (χ3n) is 5.50. The number of benzene rings is 2. The smallest absolute Gasteiger partial charge is 0.261 e. The van der Waals surface area contributed by atoms with E-state index in [1.165, 1.54) is 6.07 Å². The highest BCUT2D eigenvalue weighted by Crippen LogP contribution is 2.31. The van der Waals surface area contributed by atoms with Crippen molar-refractivity contribution in [1.82, 2.24) is 4.90 Å². The molecule has 2 aliphatic rings. The molecule has 2 amide bonds. The summed E-state index contributed by atoms with van der Waals surface area (Å²) in [7, 11) is -3.72. The van der Waals surface area contributed by atoms with Gasteiger partial charge in [-0.05, 0) is 42.3 Å². The normalized spacial score (nSPS) is 16.1. The Morgan fingerprint density at radius 2 is 1.65 bits per heavy atom. The Morgan fingerprint density at radius 3 is 2.39 bits per heavy atom. The Hall–Kier alpha value is -2.91. The van der Waals surface area contributed by atoms with Gasteiger partial charge >= 0.3 is 0 Å². The fourth-order valence-electron chi connectivity index (χ4n) is 3.84. The number of carbonyl (C=O) groups excluding carboxylic acids is 2. The Bertz CT molecular complexity index is 1070. The minimum Gasteiger partial charge on any atom is -0.378 e. The van der Waals surface area contributed by atoms with E-state index in [0.29, 0.717) is 50.6 Å². The third kappa shape index (κ3) is 4.88. The molecule has 0 spiro atoms. The van der Waals surface area contributed by atoms with Crippen molar-refractivity contribution >= 4 is 33.2 Å². The van der Waals surface area contributed by atoms with Gasteiger partial charge < -0.3 is 14.5 Å². The van der Waals surface area contributed by atoms with Crippen molar-refractivity contribution in [1.29, 1.82) is 0 Å². The number of anilines is 2. The molecule has 0 unspecified atom stereocenters. The summed E-state index contributed by atoms with van der Waals surface area (Å²) in [6.45, 7) is 2.67. The lowest BCUT2D eigenvalue weighted by Crippen LogP contribution is -2.41. The molecule has 2 aliphatic heterocycles. The highest BCUT2D eigenvalue weighted by molar-refractivity contribution is 7.92. The van der Waals surface area contributed by atoms with Gasteiger partial charge in [-0.25, -0.2) is 8.42 Å². The highest BCUT2D eigenvalue weighted by Gasteiger charge is 2.27. The standard InChI is InChI=1S/C22H25N3O5S/c26-21(24-12-14-30-15-13-24)8-9-22(27)25-11-10-17-16-19(6-7-20(17)25)31(28,29)23-18-4-2-1-3-5-18/h1-7,16,23H,8-15H2. The molecule has 0 aromatic heterocycles. The zero-order chi connectivity index (χ0) is 21.8. The van der Waals surface area contributed by atoms with Crippen LogP contribution in [0.5, 0.6) is 0 Å². The molecule has 0 bridgehead atoms. The molecule has 1 saturated heterocycles. The Morgan fingerprint density at radius 1 is 0.935 bits per heavy atom. The van der Waals surface area contributed by atoms with Gasteiger partial charge in [-0.2, -0.15) is 0 Å². The van der Waals surface area contributed by atoms with E-state index in [0.717, 1.165) is 5.56 Å². The molecule has 164 valence electrons. The molecular formula is C22H25N3O5S. The van der Waals surface area contributed by atoms with Crippen LogP contribution in [0.15, 0.2) is 53.4 Å². The lowest BCUT2D eigenvalue weighted by molar-refractivity contribution is -0.136. The van der Waals surface area contributed by atoms with Crippen molar-refractivity contribution in [3.05, 3.63) is 54.1 Å². The minimum absolute atomic E-state index is 0.0375. The van der Waals surface area contributed by atoms with Crippen LogP contribution in [0.1, 0.15) is 18.4 Å². The van der Waals surface area contributed by atoms with Crippen LogP contribution in [-0.2, 0) is 30.8 Å². The predicted octanol–water partition coefficient (Wildman–Crippen LogP) is 2.02. The first-order chi connectivity index (χ1) is 14.9. The fraction of sp³-hybridized carbons (Fsp3) is 0.364. The fourth-order valence-corrected chi connectivity index (χ4v) is 4.95. The summed E-state index contributed by atoms with van der Waals surface area (Å²) < 4.78 is 33.2. The van der Waals surface area contributed by atoms with E-state index in [2.05, 4.69) is 4.72 Å². The maximum atomic E-state index is 12.7. The molecule has 9 heteroatoms. The number of hydrogen-bond acceptors (Lipinski definition) is 5. The molecule has 8 nitrogen and oxygen atoms in total. The van der Waals surface area contributed by atoms with Crippen molar-refractivity contribution in [2.75, 3.05) is 42.5 Å². The van der Waals surface area contributed by atoms with E-state index in [1.54, 1.807) is 46.2 Å². The molecule has 0 radical (unpaired) electrons. The first-order valence-corrected chi connectivity index (χ1v) is 11.8. The molecule has 0 saturated carbocycles. The summed E-state index contributed by atoms with van der Waals surface area (Å²) in [5.41, 5.74) is 2.01. The number of nitrogens with one attached hydrogen (secondary N) is 1. The molecule has 31 heavy (non-hydrogen) atoms. The van der Waals surface area contributed by atoms with Crippen molar-refractivity contribution in [2.45, 2.75) is 24.2 Å². The quantitative estimate of drug-likeness (QED) is 0.737. The van der Waals surface area contributed by atoms with Crippen LogP contribution in [0.2, 0.25) is 0 Å². The number of sulfonamides is 1. The number of carbonyl (C=O) groups is 2. The average Bonchev–Trinajstić information content (AvgIpc) is 3.22. The minimum atomic E-state index is -3.72. The number of rotatable bonds is 6. The van der Waals surface area contributed by atoms with Gasteiger partial charge in [0.15, 0.2) is 0 Å². The Labute approximate surface area is 181 Å². The highest BCUT2D eigenvalue weighted by atomic mass is 32.2. The number of para-hydroxylation sites is 1. The average molecular weight is 444 g/mol. The zero-order valence-corrected chi connectivity index (χ0v) is 17.9. The summed E-state index contributed by atoms with van der Waals surface area (Å²) in [4.78, 5) is 28.5. The number of ether oxygens (including phenoxy) is 1. The number of hydrogen-bond donors (Lipinski definition) is 1. The van der Waals surface area contributed by atoms with Gasteiger partial charge in [-0.3, -0.25) is 14.3 Å². The van der Waals surface area contributed by atoms with Gasteiger partial charge in [0, 0.05) is 43.9 Å². The van der Waals surface area contributed by atoms with Crippen molar-refractivity contribution in [3.8, 4) is 0 Å². The maximum Gasteiger partial charge on any atom is 0.261 e. The second kappa shape index (κ2) is 9.07. The Kier molecular flexibility index (Phi) is 6.24. The molecule has 0 atom stereocenters. The molecule has 0 aliphatic carbocycles. The number of amides is 2.